The highest BCUT2D eigenvalue weighted by molar-refractivity contribution is 6.04. The Morgan fingerprint density at radius 2 is 2.10 bits per heavy atom. The average Bonchev–Trinajstić information content (AvgIpc) is 2.40. The van der Waals surface area contributed by atoms with Crippen LogP contribution >= 0.6 is 0 Å². The Balaban J connectivity index is 2.29. The van der Waals surface area contributed by atoms with Crippen molar-refractivity contribution in [3.63, 3.8) is 0 Å². The number of nitro groups is 1. The lowest BCUT2D eigenvalue weighted by atomic mass is 10.2. The van der Waals surface area contributed by atoms with Gasteiger partial charge in [-0.05, 0) is 19.1 Å². The summed E-state index contributed by atoms with van der Waals surface area (Å²) in [6.45, 7) is 1.66. The first-order valence-corrected chi connectivity index (χ1v) is 5.83. The van der Waals surface area contributed by atoms with E-state index in [1.807, 2.05) is 0 Å². The zero-order chi connectivity index (χ0) is 15.6. The largest absolute Gasteiger partial charge is 0.364 e. The van der Waals surface area contributed by atoms with Gasteiger partial charge in [0.15, 0.2) is 5.43 Å². The van der Waals surface area contributed by atoms with E-state index in [2.05, 4.69) is 10.3 Å². The fourth-order valence-corrected chi connectivity index (χ4v) is 1.68. The van der Waals surface area contributed by atoms with Crippen molar-refractivity contribution >= 4 is 17.3 Å². The lowest BCUT2D eigenvalue weighted by molar-refractivity contribution is -0.387. The van der Waals surface area contributed by atoms with Gasteiger partial charge < -0.3 is 10.3 Å². The smallest absolute Gasteiger partial charge is 0.306 e. The van der Waals surface area contributed by atoms with Crippen LogP contribution in [0.25, 0.3) is 0 Å². The number of halogens is 1. The summed E-state index contributed by atoms with van der Waals surface area (Å²) in [6, 6.07) is 4.17. The van der Waals surface area contributed by atoms with E-state index in [4.69, 9.17) is 0 Å². The quantitative estimate of drug-likeness (QED) is 0.666. The van der Waals surface area contributed by atoms with Gasteiger partial charge in [-0.15, -0.1) is 0 Å². The van der Waals surface area contributed by atoms with Gasteiger partial charge in [-0.3, -0.25) is 19.7 Å². The third kappa shape index (κ3) is 3.11. The minimum Gasteiger partial charge on any atom is -0.364 e. The van der Waals surface area contributed by atoms with Gasteiger partial charge in [-0.25, -0.2) is 0 Å². The van der Waals surface area contributed by atoms with Crippen LogP contribution in [0.1, 0.15) is 16.1 Å². The molecule has 1 heterocycles. The van der Waals surface area contributed by atoms with Gasteiger partial charge in [0.25, 0.3) is 5.91 Å². The van der Waals surface area contributed by atoms with Crippen molar-refractivity contribution in [2.75, 3.05) is 5.32 Å². The van der Waals surface area contributed by atoms with Crippen LogP contribution in [0.2, 0.25) is 0 Å². The molecule has 0 saturated carbocycles. The van der Waals surface area contributed by atoms with E-state index in [0.717, 1.165) is 12.1 Å². The number of nitrogens with zero attached hydrogens (tertiary/aromatic N) is 1. The number of hydrogen-bond acceptors (Lipinski definition) is 4. The summed E-state index contributed by atoms with van der Waals surface area (Å²) in [5.41, 5.74) is -0.777. The molecule has 0 aliphatic heterocycles. The highest BCUT2D eigenvalue weighted by Gasteiger charge is 2.16. The van der Waals surface area contributed by atoms with Gasteiger partial charge in [0.1, 0.15) is 5.56 Å². The molecule has 0 aliphatic carbocycles. The van der Waals surface area contributed by atoms with Crippen LogP contribution in [0, 0.1) is 22.9 Å². The van der Waals surface area contributed by atoms with Crippen molar-refractivity contribution in [1.29, 1.82) is 0 Å². The van der Waals surface area contributed by atoms with Crippen LogP contribution in [0.5, 0.6) is 0 Å². The number of nitro benzene ring substituents is 1. The Kier molecular flexibility index (Phi) is 3.79. The number of anilines is 1. The van der Waals surface area contributed by atoms with Gasteiger partial charge in [0.05, 0.1) is 4.92 Å². The number of hydrogen-bond donors (Lipinski definition) is 2. The predicted molar refractivity (Wildman–Crippen MR) is 72.8 cm³/mol. The molecule has 0 saturated heterocycles. The van der Waals surface area contributed by atoms with Crippen molar-refractivity contribution < 1.29 is 14.1 Å². The standard InChI is InChI=1S/C13H10FN3O4/c1-7-4-12(18)9(6-15-7)13(19)16-8-2-3-10(14)11(5-8)17(20)21/h2-6H,1H3,(H,15,18)(H,16,19). The second kappa shape index (κ2) is 5.53. The van der Waals surface area contributed by atoms with Crippen LogP contribution in [0.3, 0.4) is 0 Å². The van der Waals surface area contributed by atoms with Gasteiger partial charge in [-0.1, -0.05) is 0 Å². The third-order valence-corrected chi connectivity index (χ3v) is 2.70. The maximum absolute atomic E-state index is 13.2. The molecule has 0 atom stereocenters. The molecule has 1 amide bonds. The maximum Gasteiger partial charge on any atom is 0.306 e. The molecule has 2 rings (SSSR count). The van der Waals surface area contributed by atoms with Gasteiger partial charge in [0.2, 0.25) is 5.82 Å². The number of aromatic nitrogens is 1. The Hall–Kier alpha value is -3.03. The summed E-state index contributed by atoms with van der Waals surface area (Å²) in [5, 5.41) is 12.9. The van der Waals surface area contributed by atoms with Gasteiger partial charge in [-0.2, -0.15) is 4.39 Å². The van der Waals surface area contributed by atoms with E-state index in [1.165, 1.54) is 18.3 Å². The number of pyridine rings is 1. The van der Waals surface area contributed by atoms with Gasteiger partial charge in [0, 0.05) is 29.7 Å². The second-order valence-electron chi connectivity index (χ2n) is 4.27. The maximum atomic E-state index is 13.2. The molecule has 0 spiro atoms. The molecular weight excluding hydrogens is 281 g/mol. The van der Waals surface area contributed by atoms with Gasteiger partial charge >= 0.3 is 5.69 Å². The third-order valence-electron chi connectivity index (χ3n) is 2.70. The normalized spacial score (nSPS) is 10.2. The zero-order valence-corrected chi connectivity index (χ0v) is 10.8. The molecule has 21 heavy (non-hydrogen) atoms. The zero-order valence-electron chi connectivity index (χ0n) is 10.8. The molecule has 2 N–H and O–H groups in total. The summed E-state index contributed by atoms with van der Waals surface area (Å²) in [4.78, 5) is 36.0. The number of nitrogens with one attached hydrogen (secondary N) is 2. The van der Waals surface area contributed by atoms with Crippen LogP contribution in [0.15, 0.2) is 35.3 Å². The molecule has 0 fully saturated rings. The van der Waals surface area contributed by atoms with Crippen LogP contribution in [0.4, 0.5) is 15.8 Å². The first-order valence-electron chi connectivity index (χ1n) is 5.83. The van der Waals surface area contributed by atoms with E-state index >= 15 is 0 Å². The van der Waals surface area contributed by atoms with Crippen molar-refractivity contribution in [1.82, 2.24) is 4.98 Å². The van der Waals surface area contributed by atoms with E-state index < -0.39 is 27.8 Å². The molecule has 2 aromatic rings. The van der Waals surface area contributed by atoms with Crippen LogP contribution in [-0.4, -0.2) is 15.8 Å². The minimum atomic E-state index is -1.01. The number of aryl methyl sites for hydroxylation is 1. The number of H-pyrrole nitrogens is 1. The fraction of sp³-hybridized carbons (Fsp3) is 0.0769. The first-order chi connectivity index (χ1) is 9.88. The number of aromatic amines is 1. The summed E-state index contributed by atoms with van der Waals surface area (Å²) >= 11 is 0. The van der Waals surface area contributed by atoms with Crippen LogP contribution < -0.4 is 10.7 Å². The average molecular weight is 291 g/mol. The van der Waals surface area contributed by atoms with E-state index in [9.17, 15) is 24.1 Å². The van der Waals surface area contributed by atoms with Crippen molar-refractivity contribution in [3.05, 3.63) is 67.9 Å². The lowest BCUT2D eigenvalue weighted by Gasteiger charge is -2.05. The van der Waals surface area contributed by atoms with Crippen molar-refractivity contribution in [2.24, 2.45) is 0 Å². The number of benzene rings is 1. The molecule has 1 aromatic carbocycles. The topological polar surface area (TPSA) is 105 Å². The number of carbonyl (C=O) groups excluding carboxylic acids is 1. The van der Waals surface area contributed by atoms with Crippen molar-refractivity contribution in [3.8, 4) is 0 Å². The fourth-order valence-electron chi connectivity index (χ4n) is 1.68. The summed E-state index contributed by atoms with van der Waals surface area (Å²) < 4.78 is 13.2. The molecule has 7 nitrogen and oxygen atoms in total. The van der Waals surface area contributed by atoms with Crippen LogP contribution in [-0.2, 0) is 0 Å². The van der Waals surface area contributed by atoms with E-state index in [-0.39, 0.29) is 11.3 Å². The van der Waals surface area contributed by atoms with Crippen molar-refractivity contribution in [2.45, 2.75) is 6.92 Å². The number of amides is 1. The molecule has 0 aliphatic rings. The molecular formula is C13H10FN3O4. The number of rotatable bonds is 3. The Bertz CT molecular complexity index is 785. The summed E-state index contributed by atoms with van der Waals surface area (Å²) in [6.07, 6.45) is 1.24. The Morgan fingerprint density at radius 3 is 2.71 bits per heavy atom. The SMILES string of the molecule is Cc1cc(=O)c(C(=O)Nc2ccc(F)c([N+](=O)[O-])c2)c[nH]1. The molecule has 1 aromatic heterocycles. The molecule has 8 heteroatoms. The molecule has 0 bridgehead atoms. The Labute approximate surface area is 117 Å². The van der Waals surface area contributed by atoms with E-state index in [0.29, 0.717) is 5.69 Å². The lowest BCUT2D eigenvalue weighted by Crippen LogP contribution is -2.21. The molecule has 108 valence electrons. The number of carbonyl (C=O) groups is 1. The molecule has 0 unspecified atom stereocenters. The summed E-state index contributed by atoms with van der Waals surface area (Å²) in [5.74, 6) is -1.75. The predicted octanol–water partition coefficient (Wildman–Crippen LogP) is 1.98. The first kappa shape index (κ1) is 14.4. The molecule has 0 radical (unpaired) electrons. The highest BCUT2D eigenvalue weighted by Crippen LogP contribution is 2.21. The monoisotopic (exact) mass is 291 g/mol. The minimum absolute atomic E-state index is 0.0214. The summed E-state index contributed by atoms with van der Waals surface area (Å²) in [7, 11) is 0. The second-order valence-corrected chi connectivity index (χ2v) is 4.27. The highest BCUT2D eigenvalue weighted by atomic mass is 19.1. The van der Waals surface area contributed by atoms with E-state index in [1.54, 1.807) is 6.92 Å². The Morgan fingerprint density at radius 1 is 1.38 bits per heavy atom.